The van der Waals surface area contributed by atoms with Crippen molar-refractivity contribution in [2.75, 3.05) is 13.7 Å². The van der Waals surface area contributed by atoms with Crippen LogP contribution >= 0.6 is 15.9 Å². The second-order valence-electron chi connectivity index (χ2n) is 4.63. The zero-order chi connectivity index (χ0) is 14.8. The standard InChI is InChI=1S/C13H16BrNO4S/c1-19-13(16)12(14)8-15-20(17,18)11-6-5-9-3-2-4-10(9)7-11/h5-7,12,15H,2-4,8H2,1H3. The highest BCUT2D eigenvalue weighted by Gasteiger charge is 2.22. The Balaban J connectivity index is 2.09. The largest absolute Gasteiger partial charge is 0.468 e. The van der Waals surface area contributed by atoms with Crippen molar-refractivity contribution in [3.8, 4) is 0 Å². The number of rotatable bonds is 5. The number of hydrogen-bond donors (Lipinski definition) is 1. The van der Waals surface area contributed by atoms with Gasteiger partial charge in [-0.15, -0.1) is 0 Å². The molecule has 0 aliphatic heterocycles. The van der Waals surface area contributed by atoms with Crippen LogP contribution < -0.4 is 4.72 Å². The fourth-order valence-electron chi connectivity index (χ4n) is 2.19. The van der Waals surface area contributed by atoms with Crippen LogP contribution in [-0.2, 0) is 32.4 Å². The number of benzene rings is 1. The van der Waals surface area contributed by atoms with Crippen LogP contribution in [0.25, 0.3) is 0 Å². The van der Waals surface area contributed by atoms with Gasteiger partial charge in [-0.1, -0.05) is 22.0 Å². The van der Waals surface area contributed by atoms with E-state index in [1.807, 2.05) is 6.07 Å². The number of esters is 1. The Morgan fingerprint density at radius 1 is 1.40 bits per heavy atom. The number of hydrogen-bond acceptors (Lipinski definition) is 4. The van der Waals surface area contributed by atoms with Crippen molar-refractivity contribution in [3.05, 3.63) is 29.3 Å². The maximum Gasteiger partial charge on any atom is 0.320 e. The topological polar surface area (TPSA) is 72.5 Å². The Morgan fingerprint density at radius 2 is 2.10 bits per heavy atom. The fraction of sp³-hybridized carbons (Fsp3) is 0.462. The Morgan fingerprint density at radius 3 is 2.80 bits per heavy atom. The zero-order valence-electron chi connectivity index (χ0n) is 11.1. The van der Waals surface area contributed by atoms with Crippen LogP contribution in [0.4, 0.5) is 0 Å². The number of alkyl halides is 1. The molecule has 0 radical (unpaired) electrons. The maximum absolute atomic E-state index is 12.2. The third kappa shape index (κ3) is 3.39. The van der Waals surface area contributed by atoms with Gasteiger partial charge in [-0.2, -0.15) is 0 Å². The van der Waals surface area contributed by atoms with Crippen LogP contribution in [0, 0.1) is 0 Å². The molecule has 0 spiro atoms. The highest BCUT2D eigenvalue weighted by Crippen LogP contribution is 2.24. The first-order chi connectivity index (χ1) is 9.44. The molecule has 1 N–H and O–H groups in total. The van der Waals surface area contributed by atoms with E-state index in [9.17, 15) is 13.2 Å². The molecule has 5 nitrogen and oxygen atoms in total. The number of sulfonamides is 1. The molecule has 2 rings (SSSR count). The lowest BCUT2D eigenvalue weighted by Crippen LogP contribution is -2.34. The maximum atomic E-state index is 12.2. The summed E-state index contributed by atoms with van der Waals surface area (Å²) in [6.07, 6.45) is 2.99. The Hall–Kier alpha value is -0.920. The summed E-state index contributed by atoms with van der Waals surface area (Å²) in [4.78, 5) is 10.8. The lowest BCUT2D eigenvalue weighted by atomic mass is 10.1. The van der Waals surface area contributed by atoms with E-state index in [4.69, 9.17) is 0 Å². The molecule has 0 fully saturated rings. The van der Waals surface area contributed by atoms with Crippen LogP contribution in [-0.4, -0.2) is 32.9 Å². The molecule has 0 bridgehead atoms. The van der Waals surface area contributed by atoms with E-state index in [1.165, 1.54) is 12.7 Å². The van der Waals surface area contributed by atoms with Gasteiger partial charge in [-0.05, 0) is 42.5 Å². The van der Waals surface area contributed by atoms with Gasteiger partial charge >= 0.3 is 5.97 Å². The molecule has 0 saturated heterocycles. The lowest BCUT2D eigenvalue weighted by Gasteiger charge is -2.11. The molecule has 7 heteroatoms. The molecule has 20 heavy (non-hydrogen) atoms. The first-order valence-electron chi connectivity index (χ1n) is 6.27. The molecular weight excluding hydrogens is 346 g/mol. The van der Waals surface area contributed by atoms with Crippen LogP contribution in [0.3, 0.4) is 0 Å². The molecular formula is C13H16BrNO4S. The van der Waals surface area contributed by atoms with Gasteiger partial charge in [0, 0.05) is 6.54 Å². The summed E-state index contributed by atoms with van der Waals surface area (Å²) in [5.41, 5.74) is 2.31. The molecule has 1 aliphatic rings. The highest BCUT2D eigenvalue weighted by molar-refractivity contribution is 9.10. The molecule has 0 amide bonds. The second kappa shape index (κ2) is 6.24. The Kier molecular flexibility index (Phi) is 4.82. The SMILES string of the molecule is COC(=O)C(Br)CNS(=O)(=O)c1ccc2c(c1)CCC2. The zero-order valence-corrected chi connectivity index (χ0v) is 13.5. The number of ether oxygens (including phenoxy) is 1. The van der Waals surface area contributed by atoms with Gasteiger partial charge < -0.3 is 4.74 Å². The van der Waals surface area contributed by atoms with E-state index in [1.54, 1.807) is 12.1 Å². The van der Waals surface area contributed by atoms with Crippen LogP contribution in [0.15, 0.2) is 23.1 Å². The summed E-state index contributed by atoms with van der Waals surface area (Å²) < 4.78 is 31.3. The van der Waals surface area contributed by atoms with E-state index in [2.05, 4.69) is 25.4 Å². The first kappa shape index (κ1) is 15.5. The van der Waals surface area contributed by atoms with E-state index in [-0.39, 0.29) is 11.4 Å². The number of methoxy groups -OCH3 is 1. The molecule has 1 unspecified atom stereocenters. The summed E-state index contributed by atoms with van der Waals surface area (Å²) in [7, 11) is -2.35. The summed E-state index contributed by atoms with van der Waals surface area (Å²) in [5.74, 6) is -0.512. The van der Waals surface area contributed by atoms with Crippen molar-refractivity contribution < 1.29 is 17.9 Å². The molecule has 1 aliphatic carbocycles. The summed E-state index contributed by atoms with van der Waals surface area (Å²) >= 11 is 3.08. The molecule has 1 aromatic rings. The van der Waals surface area contributed by atoms with Crippen molar-refractivity contribution >= 4 is 31.9 Å². The van der Waals surface area contributed by atoms with Crippen molar-refractivity contribution in [2.45, 2.75) is 29.0 Å². The third-order valence-corrected chi connectivity index (χ3v) is 5.41. The summed E-state index contributed by atoms with van der Waals surface area (Å²) in [6, 6.07) is 5.18. The van der Waals surface area contributed by atoms with Crippen molar-refractivity contribution in [1.82, 2.24) is 4.72 Å². The smallest absolute Gasteiger partial charge is 0.320 e. The molecule has 0 saturated carbocycles. The molecule has 1 atom stereocenters. The van der Waals surface area contributed by atoms with E-state index >= 15 is 0 Å². The summed E-state index contributed by atoms with van der Waals surface area (Å²) in [5, 5.41) is 0. The summed E-state index contributed by atoms with van der Waals surface area (Å²) in [6.45, 7) is -0.0495. The van der Waals surface area contributed by atoms with Gasteiger partial charge in [-0.3, -0.25) is 4.79 Å². The van der Waals surface area contributed by atoms with Gasteiger partial charge in [0.2, 0.25) is 10.0 Å². The minimum absolute atomic E-state index is 0.0495. The van der Waals surface area contributed by atoms with Crippen LogP contribution in [0.2, 0.25) is 0 Å². The molecule has 110 valence electrons. The monoisotopic (exact) mass is 361 g/mol. The van der Waals surface area contributed by atoms with Gasteiger partial charge in [0.05, 0.1) is 12.0 Å². The van der Waals surface area contributed by atoms with E-state index in [0.29, 0.717) is 0 Å². The quantitative estimate of drug-likeness (QED) is 0.635. The number of carbonyl (C=O) groups excluding carboxylic acids is 1. The molecule has 0 heterocycles. The van der Waals surface area contributed by atoms with Gasteiger partial charge in [0.1, 0.15) is 4.83 Å². The van der Waals surface area contributed by atoms with Gasteiger partial charge in [0.15, 0.2) is 0 Å². The minimum atomic E-state index is -3.61. The Labute approximate surface area is 126 Å². The van der Waals surface area contributed by atoms with E-state index in [0.717, 1.165) is 24.8 Å². The van der Waals surface area contributed by atoms with Crippen molar-refractivity contribution in [2.24, 2.45) is 0 Å². The third-order valence-electron chi connectivity index (χ3n) is 3.29. The number of fused-ring (bicyclic) bond motifs is 1. The average Bonchev–Trinajstić information content (AvgIpc) is 2.91. The number of carbonyl (C=O) groups is 1. The average molecular weight is 362 g/mol. The van der Waals surface area contributed by atoms with Gasteiger partial charge in [-0.25, -0.2) is 13.1 Å². The fourth-order valence-corrected chi connectivity index (χ4v) is 3.85. The number of nitrogens with one attached hydrogen (secondary N) is 1. The lowest BCUT2D eigenvalue weighted by molar-refractivity contribution is -0.139. The highest BCUT2D eigenvalue weighted by atomic mass is 79.9. The van der Waals surface area contributed by atoms with Crippen molar-refractivity contribution in [3.63, 3.8) is 0 Å². The second-order valence-corrected chi connectivity index (χ2v) is 7.50. The predicted molar refractivity (Wildman–Crippen MR) is 78.4 cm³/mol. The van der Waals surface area contributed by atoms with Crippen LogP contribution in [0.5, 0.6) is 0 Å². The van der Waals surface area contributed by atoms with Crippen molar-refractivity contribution in [1.29, 1.82) is 0 Å². The number of aryl methyl sites for hydroxylation is 2. The Bertz CT molecular complexity index is 615. The van der Waals surface area contributed by atoms with Gasteiger partial charge in [0.25, 0.3) is 0 Å². The van der Waals surface area contributed by atoms with E-state index < -0.39 is 20.8 Å². The predicted octanol–water partition coefficient (Wildman–Crippen LogP) is 1.39. The number of halogens is 1. The van der Waals surface area contributed by atoms with Crippen LogP contribution in [0.1, 0.15) is 17.5 Å². The normalized spacial score (nSPS) is 15.7. The first-order valence-corrected chi connectivity index (χ1v) is 8.67. The molecule has 0 aromatic heterocycles. The molecule has 1 aromatic carbocycles. The minimum Gasteiger partial charge on any atom is -0.468 e.